The van der Waals surface area contributed by atoms with Crippen molar-refractivity contribution in [2.75, 3.05) is 13.1 Å². The van der Waals surface area contributed by atoms with Crippen LogP contribution in [0.1, 0.15) is 30.4 Å². The van der Waals surface area contributed by atoms with E-state index in [2.05, 4.69) is 23.6 Å². The summed E-state index contributed by atoms with van der Waals surface area (Å²) in [6.07, 6.45) is -0.666. The van der Waals surface area contributed by atoms with Gasteiger partial charge in [0.05, 0.1) is 11.6 Å². The first kappa shape index (κ1) is 22.4. The number of carbonyl (C=O) groups is 2. The number of carbonyl (C=O) groups excluding carboxylic acids is 1. The number of piperidine rings is 1. The van der Waals surface area contributed by atoms with Gasteiger partial charge in [-0.25, -0.2) is 4.79 Å². The highest BCUT2D eigenvalue weighted by molar-refractivity contribution is 5.78. The molecule has 1 aromatic rings. The van der Waals surface area contributed by atoms with E-state index in [4.69, 9.17) is 15.2 Å². The van der Waals surface area contributed by atoms with Gasteiger partial charge in [-0.15, -0.1) is 6.58 Å². The average Bonchev–Trinajstić information content (AvgIpc) is 3.07. The summed E-state index contributed by atoms with van der Waals surface area (Å²) in [6.45, 7) is 6.28. The van der Waals surface area contributed by atoms with Crippen LogP contribution in [0.5, 0.6) is 0 Å². The molecule has 1 N–H and O–H groups in total. The molecule has 6 nitrogen and oxygen atoms in total. The van der Waals surface area contributed by atoms with Gasteiger partial charge in [0, 0.05) is 38.1 Å². The third-order valence-electron chi connectivity index (χ3n) is 5.01. The fourth-order valence-corrected chi connectivity index (χ4v) is 3.78. The zero-order chi connectivity index (χ0) is 21.6. The van der Waals surface area contributed by atoms with Crippen LogP contribution in [0.15, 0.2) is 36.9 Å². The van der Waals surface area contributed by atoms with Crippen molar-refractivity contribution >= 4 is 11.9 Å². The topological polar surface area (TPSA) is 84.6 Å². The Balaban J connectivity index is 0.000000370. The van der Waals surface area contributed by atoms with E-state index >= 15 is 0 Å². The molecule has 3 rings (SSSR count). The Labute approximate surface area is 166 Å². The second-order valence-electron chi connectivity index (χ2n) is 6.88. The van der Waals surface area contributed by atoms with E-state index in [0.29, 0.717) is 30.6 Å². The van der Waals surface area contributed by atoms with Gasteiger partial charge in [0.25, 0.3) is 0 Å². The number of alkyl halides is 3. The van der Waals surface area contributed by atoms with E-state index in [1.807, 2.05) is 29.2 Å². The maximum absolute atomic E-state index is 12.1. The molecule has 2 aliphatic rings. The number of likely N-dealkylation sites (tertiary alicyclic amines) is 2. The number of fused-ring (bicyclic) bond motifs is 1. The first-order valence-electron chi connectivity index (χ1n) is 9.11. The number of nitriles is 1. The van der Waals surface area contributed by atoms with Crippen molar-refractivity contribution in [2.24, 2.45) is 0 Å². The lowest BCUT2D eigenvalue weighted by Crippen LogP contribution is -2.52. The van der Waals surface area contributed by atoms with Gasteiger partial charge in [-0.05, 0) is 30.5 Å². The molecule has 0 aliphatic carbocycles. The van der Waals surface area contributed by atoms with Crippen LogP contribution in [-0.4, -0.2) is 58.1 Å². The normalized spacial score (nSPS) is 21.6. The number of benzene rings is 1. The molecule has 29 heavy (non-hydrogen) atoms. The van der Waals surface area contributed by atoms with E-state index in [0.717, 1.165) is 25.9 Å². The first-order chi connectivity index (χ1) is 13.7. The number of amides is 1. The van der Waals surface area contributed by atoms with E-state index in [1.165, 1.54) is 5.56 Å². The van der Waals surface area contributed by atoms with Crippen LogP contribution in [0.3, 0.4) is 0 Å². The lowest BCUT2D eigenvalue weighted by Gasteiger charge is -2.39. The maximum Gasteiger partial charge on any atom is 0.490 e. The highest BCUT2D eigenvalue weighted by Crippen LogP contribution is 2.32. The quantitative estimate of drug-likeness (QED) is 0.773. The van der Waals surface area contributed by atoms with E-state index in [9.17, 15) is 18.0 Å². The smallest absolute Gasteiger partial charge is 0.475 e. The van der Waals surface area contributed by atoms with Gasteiger partial charge in [0.2, 0.25) is 5.91 Å². The first-order valence-corrected chi connectivity index (χ1v) is 9.11. The highest BCUT2D eigenvalue weighted by atomic mass is 19.4. The Kier molecular flexibility index (Phi) is 7.40. The molecule has 0 unspecified atom stereocenters. The van der Waals surface area contributed by atoms with Crippen LogP contribution in [0.2, 0.25) is 0 Å². The van der Waals surface area contributed by atoms with Crippen molar-refractivity contribution in [3.63, 3.8) is 0 Å². The van der Waals surface area contributed by atoms with Crippen molar-refractivity contribution in [1.29, 1.82) is 5.26 Å². The third kappa shape index (κ3) is 5.81. The van der Waals surface area contributed by atoms with E-state index < -0.39 is 12.1 Å². The van der Waals surface area contributed by atoms with Crippen molar-refractivity contribution < 1.29 is 27.9 Å². The predicted octanol–water partition coefficient (Wildman–Crippen LogP) is 2.94. The number of carboxylic acid groups (broad SMARTS) is 1. The summed E-state index contributed by atoms with van der Waals surface area (Å²) in [5.41, 5.74) is 1.88. The minimum atomic E-state index is -5.08. The van der Waals surface area contributed by atoms with Crippen LogP contribution in [0.25, 0.3) is 0 Å². The summed E-state index contributed by atoms with van der Waals surface area (Å²) >= 11 is 0. The molecule has 2 aliphatic heterocycles. The van der Waals surface area contributed by atoms with Crippen molar-refractivity contribution in [3.8, 4) is 6.07 Å². The molecule has 0 radical (unpaired) electrons. The van der Waals surface area contributed by atoms with Crippen molar-refractivity contribution in [2.45, 2.75) is 44.1 Å². The Hall–Kier alpha value is -2.86. The van der Waals surface area contributed by atoms with Gasteiger partial charge in [0.15, 0.2) is 0 Å². The molecule has 0 spiro atoms. The fourth-order valence-electron chi connectivity index (χ4n) is 3.78. The SMILES string of the molecule is C=CCN1C(=O)CC[C@@H]2[C@H]1CCN2Cc1cccc(C#N)c1.O=C(O)C(F)(F)F. The Morgan fingerprint density at radius 2 is 2.03 bits per heavy atom. The summed E-state index contributed by atoms with van der Waals surface area (Å²) in [6, 6.07) is 10.8. The molecule has 0 saturated carbocycles. The van der Waals surface area contributed by atoms with Crippen LogP contribution in [-0.2, 0) is 16.1 Å². The molecule has 156 valence electrons. The van der Waals surface area contributed by atoms with Crippen molar-refractivity contribution in [1.82, 2.24) is 9.80 Å². The number of halogens is 3. The minimum absolute atomic E-state index is 0.259. The maximum atomic E-state index is 12.1. The minimum Gasteiger partial charge on any atom is -0.475 e. The number of nitrogens with zero attached hydrogens (tertiary/aromatic N) is 3. The van der Waals surface area contributed by atoms with Gasteiger partial charge in [-0.1, -0.05) is 18.2 Å². The molecule has 2 saturated heterocycles. The number of aliphatic carboxylic acids is 1. The van der Waals surface area contributed by atoms with Crippen LogP contribution < -0.4 is 0 Å². The largest absolute Gasteiger partial charge is 0.490 e. The molecule has 2 fully saturated rings. The number of hydrogen-bond acceptors (Lipinski definition) is 4. The van der Waals surface area contributed by atoms with Crippen LogP contribution in [0, 0.1) is 11.3 Å². The molecule has 0 bridgehead atoms. The number of rotatable bonds is 4. The molecule has 2 heterocycles. The molecule has 1 aromatic carbocycles. The number of carboxylic acids is 1. The fraction of sp³-hybridized carbons (Fsp3) is 0.450. The second-order valence-corrected chi connectivity index (χ2v) is 6.88. The van der Waals surface area contributed by atoms with E-state index in [1.54, 1.807) is 0 Å². The zero-order valence-electron chi connectivity index (χ0n) is 15.7. The average molecular weight is 409 g/mol. The molecular formula is C20H22F3N3O3. The zero-order valence-corrected chi connectivity index (χ0v) is 15.7. The Morgan fingerprint density at radius 1 is 1.34 bits per heavy atom. The lowest BCUT2D eigenvalue weighted by molar-refractivity contribution is -0.192. The standard InChI is InChI=1S/C18H21N3O.C2HF3O2/c1-2-9-21-17-8-10-20(16(17)6-7-18(21)22)13-15-5-3-4-14(11-15)12-19;3-2(4,5)1(6)7/h2-5,11,16-17H,1,6-10,13H2;(H,6,7)/t16-,17-;/m1./s1. The summed E-state index contributed by atoms with van der Waals surface area (Å²) in [5.74, 6) is -2.50. The molecule has 0 aromatic heterocycles. The molecule has 9 heteroatoms. The molecule has 1 amide bonds. The summed E-state index contributed by atoms with van der Waals surface area (Å²) in [7, 11) is 0. The summed E-state index contributed by atoms with van der Waals surface area (Å²) < 4.78 is 31.7. The monoisotopic (exact) mass is 409 g/mol. The van der Waals surface area contributed by atoms with Gasteiger partial charge in [-0.3, -0.25) is 9.69 Å². The Morgan fingerprint density at radius 3 is 2.62 bits per heavy atom. The van der Waals surface area contributed by atoms with Gasteiger partial charge in [-0.2, -0.15) is 18.4 Å². The summed E-state index contributed by atoms with van der Waals surface area (Å²) in [4.78, 5) is 25.4. The predicted molar refractivity (Wildman–Crippen MR) is 98.6 cm³/mol. The summed E-state index contributed by atoms with van der Waals surface area (Å²) in [5, 5.41) is 16.1. The van der Waals surface area contributed by atoms with E-state index in [-0.39, 0.29) is 5.91 Å². The molecular weight excluding hydrogens is 387 g/mol. The molecule has 2 atom stereocenters. The second kappa shape index (κ2) is 9.56. The third-order valence-corrected chi connectivity index (χ3v) is 5.01. The van der Waals surface area contributed by atoms with Crippen LogP contribution >= 0.6 is 0 Å². The van der Waals surface area contributed by atoms with Gasteiger partial charge in [0.1, 0.15) is 0 Å². The van der Waals surface area contributed by atoms with Gasteiger partial charge >= 0.3 is 12.1 Å². The Bertz CT molecular complexity index is 804. The van der Waals surface area contributed by atoms with Crippen LogP contribution in [0.4, 0.5) is 13.2 Å². The highest BCUT2D eigenvalue weighted by Gasteiger charge is 2.42. The lowest BCUT2D eigenvalue weighted by atomic mass is 9.96. The van der Waals surface area contributed by atoms with Gasteiger partial charge < -0.3 is 10.0 Å². The van der Waals surface area contributed by atoms with Crippen molar-refractivity contribution in [3.05, 3.63) is 48.0 Å². The number of hydrogen-bond donors (Lipinski definition) is 1.